The molecule has 4 fully saturated rings. The van der Waals surface area contributed by atoms with E-state index in [1.807, 2.05) is 6.92 Å². The summed E-state index contributed by atoms with van der Waals surface area (Å²) in [5.41, 5.74) is 0.0247. The van der Waals surface area contributed by atoms with Gasteiger partial charge in [-0.2, -0.15) is 0 Å². The van der Waals surface area contributed by atoms with Crippen molar-refractivity contribution in [1.82, 2.24) is 10.2 Å². The molecule has 6 heteroatoms. The molecule has 22 heavy (non-hydrogen) atoms. The number of nitrogens with zero attached hydrogens (tertiary/aromatic N) is 2. The second-order valence-corrected chi connectivity index (χ2v) is 9.51. The molecule has 1 aromatic heterocycles. The van der Waals surface area contributed by atoms with E-state index in [4.69, 9.17) is 0 Å². The predicted octanol–water partition coefficient (Wildman–Crippen LogP) is 3.85. The Hall–Kier alpha value is -0.620. The number of hydrogen-bond acceptors (Lipinski definition) is 6. The molecule has 4 nitrogen and oxygen atoms in total. The number of thioether (sulfide) groups is 1. The van der Waals surface area contributed by atoms with Crippen molar-refractivity contribution in [2.24, 2.45) is 23.2 Å². The van der Waals surface area contributed by atoms with Gasteiger partial charge in [0.15, 0.2) is 4.34 Å². The van der Waals surface area contributed by atoms with Crippen LogP contribution in [0.1, 0.15) is 45.4 Å². The molecule has 4 aliphatic rings. The highest BCUT2D eigenvalue weighted by Gasteiger charge is 2.54. The molecule has 0 amide bonds. The van der Waals surface area contributed by atoms with Crippen molar-refractivity contribution in [3.05, 3.63) is 0 Å². The smallest absolute Gasteiger partial charge is 0.206 e. The zero-order valence-corrected chi connectivity index (χ0v) is 14.6. The molecule has 4 aliphatic carbocycles. The van der Waals surface area contributed by atoms with E-state index in [0.29, 0.717) is 11.5 Å². The van der Waals surface area contributed by atoms with Gasteiger partial charge in [0.2, 0.25) is 5.13 Å². The van der Waals surface area contributed by atoms with Gasteiger partial charge in [0.1, 0.15) is 5.78 Å². The van der Waals surface area contributed by atoms with Gasteiger partial charge in [-0.15, -0.1) is 10.2 Å². The number of Topliss-reactive ketones (excluding diaryl/α,β-unsaturated/α-hetero) is 1. The van der Waals surface area contributed by atoms with Crippen LogP contribution in [-0.4, -0.2) is 28.3 Å². The highest BCUT2D eigenvalue weighted by atomic mass is 32.2. The molecule has 0 spiro atoms. The lowest BCUT2D eigenvalue weighted by Crippen LogP contribution is -2.50. The molecular weight excluding hydrogens is 314 g/mol. The van der Waals surface area contributed by atoms with Crippen molar-refractivity contribution in [3.8, 4) is 0 Å². The van der Waals surface area contributed by atoms with E-state index >= 15 is 0 Å². The first kappa shape index (κ1) is 14.9. The molecule has 0 saturated heterocycles. The average molecular weight is 338 g/mol. The Morgan fingerprint density at radius 3 is 2.45 bits per heavy atom. The molecule has 0 unspecified atom stereocenters. The predicted molar refractivity (Wildman–Crippen MR) is 90.4 cm³/mol. The minimum atomic E-state index is 0.0247. The molecule has 120 valence electrons. The van der Waals surface area contributed by atoms with E-state index in [1.54, 1.807) is 23.1 Å². The van der Waals surface area contributed by atoms with Crippen molar-refractivity contribution in [3.63, 3.8) is 0 Å². The molecule has 0 aromatic carbocycles. The number of hydrogen-bond donors (Lipinski definition) is 1. The molecule has 1 aromatic rings. The molecule has 5 rings (SSSR count). The Kier molecular flexibility index (Phi) is 3.93. The Bertz CT molecular complexity index is 536. The Morgan fingerprint density at radius 1 is 1.23 bits per heavy atom. The van der Waals surface area contributed by atoms with Crippen LogP contribution in [0.3, 0.4) is 0 Å². The SMILES string of the molecule is CCNc1nnc(SCC(=O)C23CC4CC(CC(C4)C2)C3)s1. The van der Waals surface area contributed by atoms with Gasteiger partial charge in [0, 0.05) is 12.0 Å². The summed E-state index contributed by atoms with van der Waals surface area (Å²) < 4.78 is 0.911. The number of ketones is 1. The maximum absolute atomic E-state index is 12.9. The van der Waals surface area contributed by atoms with Crippen molar-refractivity contribution >= 4 is 34.0 Å². The summed E-state index contributed by atoms with van der Waals surface area (Å²) >= 11 is 3.13. The molecule has 1 heterocycles. The largest absolute Gasteiger partial charge is 0.360 e. The molecule has 1 N–H and O–H groups in total. The third-order valence-electron chi connectivity index (χ3n) is 5.69. The summed E-state index contributed by atoms with van der Waals surface area (Å²) in [5.74, 6) is 3.57. The van der Waals surface area contributed by atoms with Crippen LogP contribution in [0.2, 0.25) is 0 Å². The fourth-order valence-corrected chi connectivity index (χ4v) is 7.08. The van der Waals surface area contributed by atoms with E-state index in [1.165, 1.54) is 19.3 Å². The highest BCUT2D eigenvalue weighted by molar-refractivity contribution is 8.01. The minimum absolute atomic E-state index is 0.0247. The van der Waals surface area contributed by atoms with E-state index in [9.17, 15) is 4.79 Å². The maximum Gasteiger partial charge on any atom is 0.206 e. The van der Waals surface area contributed by atoms with Crippen molar-refractivity contribution in [1.29, 1.82) is 0 Å². The Labute approximate surface area is 139 Å². The zero-order chi connectivity index (χ0) is 15.2. The highest BCUT2D eigenvalue weighted by Crippen LogP contribution is 2.60. The summed E-state index contributed by atoms with van der Waals surface area (Å²) in [5, 5.41) is 12.3. The first-order chi connectivity index (χ1) is 10.7. The number of rotatable bonds is 6. The quantitative estimate of drug-likeness (QED) is 0.799. The molecule has 4 bridgehead atoms. The van der Waals surface area contributed by atoms with Crippen LogP contribution in [0.4, 0.5) is 5.13 Å². The number of nitrogens with one attached hydrogen (secondary N) is 1. The molecule has 0 aliphatic heterocycles. The number of aromatic nitrogens is 2. The van der Waals surface area contributed by atoms with Crippen molar-refractivity contribution < 1.29 is 4.79 Å². The van der Waals surface area contributed by atoms with Gasteiger partial charge in [-0.1, -0.05) is 23.1 Å². The monoisotopic (exact) mass is 337 g/mol. The topological polar surface area (TPSA) is 54.9 Å². The first-order valence-corrected chi connectivity index (χ1v) is 10.2. The van der Waals surface area contributed by atoms with Gasteiger partial charge in [0.25, 0.3) is 0 Å². The number of carbonyl (C=O) groups is 1. The van der Waals surface area contributed by atoms with Gasteiger partial charge in [-0.25, -0.2) is 0 Å². The number of anilines is 1. The lowest BCUT2D eigenvalue weighted by atomic mass is 9.48. The minimum Gasteiger partial charge on any atom is -0.360 e. The molecular formula is C16H23N3OS2. The summed E-state index contributed by atoms with van der Waals surface area (Å²) in [4.78, 5) is 12.9. The number of carbonyl (C=O) groups excluding carboxylic acids is 1. The van der Waals surface area contributed by atoms with Crippen LogP contribution in [0.15, 0.2) is 4.34 Å². The van der Waals surface area contributed by atoms with Gasteiger partial charge in [-0.05, 0) is 63.2 Å². The summed E-state index contributed by atoms with van der Waals surface area (Å²) in [7, 11) is 0. The second-order valence-electron chi connectivity index (χ2n) is 7.31. The van der Waals surface area contributed by atoms with Crippen LogP contribution in [0, 0.1) is 23.2 Å². The lowest BCUT2D eigenvalue weighted by molar-refractivity contribution is -0.141. The molecule has 0 radical (unpaired) electrons. The summed E-state index contributed by atoms with van der Waals surface area (Å²) in [6.45, 7) is 2.90. The second kappa shape index (κ2) is 5.78. The lowest BCUT2D eigenvalue weighted by Gasteiger charge is -2.56. The summed E-state index contributed by atoms with van der Waals surface area (Å²) in [6.07, 6.45) is 7.66. The molecule has 0 atom stereocenters. The van der Waals surface area contributed by atoms with Gasteiger partial charge < -0.3 is 5.32 Å². The first-order valence-electron chi connectivity index (χ1n) is 8.40. The Morgan fingerprint density at radius 2 is 1.86 bits per heavy atom. The zero-order valence-electron chi connectivity index (χ0n) is 13.0. The Balaban J connectivity index is 1.39. The summed E-state index contributed by atoms with van der Waals surface area (Å²) in [6, 6.07) is 0. The fourth-order valence-electron chi connectivity index (χ4n) is 5.22. The fraction of sp³-hybridized carbons (Fsp3) is 0.812. The van der Waals surface area contributed by atoms with E-state index in [0.717, 1.165) is 53.0 Å². The van der Waals surface area contributed by atoms with Crippen molar-refractivity contribution in [2.75, 3.05) is 17.6 Å². The van der Waals surface area contributed by atoms with Gasteiger partial charge in [0.05, 0.1) is 5.75 Å². The standard InChI is InChI=1S/C16H23N3OS2/c1-2-17-14-18-19-15(22-14)21-9-13(20)16-6-10-3-11(7-16)5-12(4-10)8-16/h10-12H,2-9H2,1H3,(H,17,18). The van der Waals surface area contributed by atoms with Crippen molar-refractivity contribution in [2.45, 2.75) is 49.8 Å². The van der Waals surface area contributed by atoms with Crippen LogP contribution in [0.5, 0.6) is 0 Å². The average Bonchev–Trinajstić information content (AvgIpc) is 2.91. The van der Waals surface area contributed by atoms with E-state index in [-0.39, 0.29) is 5.41 Å². The third kappa shape index (κ3) is 2.68. The third-order valence-corrected chi connectivity index (χ3v) is 7.71. The van der Waals surface area contributed by atoms with Crippen LogP contribution >= 0.6 is 23.1 Å². The normalized spacial score (nSPS) is 35.8. The van der Waals surface area contributed by atoms with Gasteiger partial charge in [-0.3, -0.25) is 4.79 Å². The van der Waals surface area contributed by atoms with E-state index in [2.05, 4.69) is 15.5 Å². The maximum atomic E-state index is 12.9. The van der Waals surface area contributed by atoms with Crippen LogP contribution in [0.25, 0.3) is 0 Å². The molecule has 4 saturated carbocycles. The van der Waals surface area contributed by atoms with Crippen LogP contribution in [-0.2, 0) is 4.79 Å². The van der Waals surface area contributed by atoms with E-state index < -0.39 is 0 Å². The van der Waals surface area contributed by atoms with Crippen LogP contribution < -0.4 is 5.32 Å². The van der Waals surface area contributed by atoms with Gasteiger partial charge >= 0.3 is 0 Å².